The summed E-state index contributed by atoms with van der Waals surface area (Å²) in [7, 11) is -3.50. The largest absolute Gasteiger partial charge is 0.389 e. The van der Waals surface area contributed by atoms with Crippen molar-refractivity contribution < 1.29 is 13.5 Å². The van der Waals surface area contributed by atoms with Crippen molar-refractivity contribution in [1.29, 1.82) is 0 Å². The molecular formula is C15H25NO3S. The van der Waals surface area contributed by atoms with Crippen LogP contribution in [0.5, 0.6) is 0 Å². The van der Waals surface area contributed by atoms with Gasteiger partial charge in [-0.3, -0.25) is 0 Å². The second-order valence-electron chi connectivity index (χ2n) is 5.23. The number of benzene rings is 1. The lowest BCUT2D eigenvalue weighted by atomic mass is 9.96. The molecule has 0 aliphatic rings. The molecule has 5 heteroatoms. The maximum Gasteiger partial charge on any atom is 0.240 e. The van der Waals surface area contributed by atoms with Crippen LogP contribution in [0, 0.1) is 5.92 Å². The van der Waals surface area contributed by atoms with E-state index >= 15 is 0 Å². The minimum atomic E-state index is -3.50. The van der Waals surface area contributed by atoms with Crippen LogP contribution in [0.25, 0.3) is 0 Å². The second kappa shape index (κ2) is 7.20. The minimum absolute atomic E-state index is 0.0913. The van der Waals surface area contributed by atoms with Crippen molar-refractivity contribution >= 4 is 10.0 Å². The predicted molar refractivity (Wildman–Crippen MR) is 80.9 cm³/mol. The summed E-state index contributed by atoms with van der Waals surface area (Å²) in [5.41, 5.74) is 0.706. The number of hydrogen-bond donors (Lipinski definition) is 2. The summed E-state index contributed by atoms with van der Waals surface area (Å²) in [6.07, 6.45) is 1.30. The van der Waals surface area contributed by atoms with Gasteiger partial charge in [-0.2, -0.15) is 0 Å². The van der Waals surface area contributed by atoms with Crippen molar-refractivity contribution in [3.63, 3.8) is 0 Å². The first-order chi connectivity index (χ1) is 9.31. The minimum Gasteiger partial charge on any atom is -0.389 e. The normalized spacial score (nSPS) is 15.3. The van der Waals surface area contributed by atoms with Gasteiger partial charge in [-0.15, -0.1) is 0 Å². The molecule has 0 aliphatic heterocycles. The highest BCUT2D eigenvalue weighted by Crippen LogP contribution is 2.18. The lowest BCUT2D eigenvalue weighted by molar-refractivity contribution is 0.199. The van der Waals surface area contributed by atoms with E-state index in [1.165, 1.54) is 12.1 Å². The molecule has 1 aromatic carbocycles. The average molecular weight is 299 g/mol. The highest BCUT2D eigenvalue weighted by atomic mass is 32.2. The van der Waals surface area contributed by atoms with Crippen molar-refractivity contribution in [3.8, 4) is 0 Å². The smallest absolute Gasteiger partial charge is 0.240 e. The van der Waals surface area contributed by atoms with E-state index in [1.54, 1.807) is 19.1 Å². The number of aliphatic hydroxyl groups excluding tert-OH is 1. The van der Waals surface area contributed by atoms with Gasteiger partial charge in [-0.25, -0.2) is 13.1 Å². The van der Waals surface area contributed by atoms with E-state index in [9.17, 15) is 13.5 Å². The summed E-state index contributed by atoms with van der Waals surface area (Å²) in [5.74, 6) is 0.335. The zero-order chi connectivity index (χ0) is 15.3. The number of hydrogen-bond acceptors (Lipinski definition) is 3. The van der Waals surface area contributed by atoms with E-state index in [0.29, 0.717) is 11.5 Å². The molecule has 0 fully saturated rings. The number of nitrogens with one attached hydrogen (secondary N) is 1. The Balaban J connectivity index is 2.88. The third kappa shape index (κ3) is 4.30. The first-order valence-electron chi connectivity index (χ1n) is 7.12. The van der Waals surface area contributed by atoms with Crippen molar-refractivity contribution in [2.75, 3.05) is 0 Å². The molecule has 0 radical (unpaired) electrons. The Labute approximate surface area is 122 Å². The van der Waals surface area contributed by atoms with Gasteiger partial charge in [0.25, 0.3) is 0 Å². The summed E-state index contributed by atoms with van der Waals surface area (Å²) < 4.78 is 27.3. The SMILES string of the molecule is CCC(CC)C(C)NS(=O)(=O)c1ccc(C(C)O)cc1. The van der Waals surface area contributed by atoms with E-state index in [1.807, 2.05) is 6.92 Å². The van der Waals surface area contributed by atoms with Crippen LogP contribution < -0.4 is 4.72 Å². The van der Waals surface area contributed by atoms with Crippen molar-refractivity contribution in [2.24, 2.45) is 5.92 Å². The van der Waals surface area contributed by atoms with Crippen molar-refractivity contribution in [1.82, 2.24) is 4.72 Å². The summed E-state index contributed by atoms with van der Waals surface area (Å²) >= 11 is 0. The van der Waals surface area contributed by atoms with Gasteiger partial charge < -0.3 is 5.11 Å². The molecule has 0 saturated carbocycles. The van der Waals surface area contributed by atoms with E-state index in [0.717, 1.165) is 12.8 Å². The molecule has 20 heavy (non-hydrogen) atoms. The Morgan fingerprint density at radius 3 is 2.00 bits per heavy atom. The lowest BCUT2D eigenvalue weighted by Gasteiger charge is -2.22. The first-order valence-corrected chi connectivity index (χ1v) is 8.60. The van der Waals surface area contributed by atoms with Gasteiger partial charge in [0, 0.05) is 6.04 Å². The van der Waals surface area contributed by atoms with Gasteiger partial charge in [0.2, 0.25) is 10.0 Å². The quantitative estimate of drug-likeness (QED) is 0.813. The van der Waals surface area contributed by atoms with Crippen LogP contribution in [-0.4, -0.2) is 19.6 Å². The van der Waals surface area contributed by atoms with Gasteiger partial charge in [0.15, 0.2) is 0 Å². The zero-order valence-corrected chi connectivity index (χ0v) is 13.4. The monoisotopic (exact) mass is 299 g/mol. The van der Waals surface area contributed by atoms with Crippen LogP contribution >= 0.6 is 0 Å². The molecule has 114 valence electrons. The fraction of sp³-hybridized carbons (Fsp3) is 0.600. The maximum atomic E-state index is 12.3. The van der Waals surface area contributed by atoms with E-state index in [4.69, 9.17) is 0 Å². The molecule has 0 spiro atoms. The molecule has 1 rings (SSSR count). The Kier molecular flexibility index (Phi) is 6.17. The van der Waals surface area contributed by atoms with Crippen LogP contribution in [0.1, 0.15) is 52.2 Å². The third-order valence-electron chi connectivity index (χ3n) is 3.77. The van der Waals surface area contributed by atoms with Gasteiger partial charge in [-0.1, -0.05) is 38.8 Å². The highest BCUT2D eigenvalue weighted by Gasteiger charge is 2.21. The molecule has 0 bridgehead atoms. The van der Waals surface area contributed by atoms with Crippen LogP contribution in [0.15, 0.2) is 29.2 Å². The van der Waals surface area contributed by atoms with Crippen LogP contribution in [0.4, 0.5) is 0 Å². The summed E-state index contributed by atoms with van der Waals surface area (Å²) in [6.45, 7) is 7.68. The Bertz CT molecular complexity index is 504. The van der Waals surface area contributed by atoms with Gasteiger partial charge in [0.1, 0.15) is 0 Å². The topological polar surface area (TPSA) is 66.4 Å². The number of sulfonamides is 1. The predicted octanol–water partition coefficient (Wildman–Crippen LogP) is 2.84. The number of aliphatic hydroxyl groups is 1. The molecule has 2 N–H and O–H groups in total. The highest BCUT2D eigenvalue weighted by molar-refractivity contribution is 7.89. The van der Waals surface area contributed by atoms with Crippen molar-refractivity contribution in [2.45, 2.75) is 57.6 Å². The summed E-state index contributed by atoms with van der Waals surface area (Å²) in [5, 5.41) is 9.43. The average Bonchev–Trinajstić information content (AvgIpc) is 2.39. The fourth-order valence-corrected chi connectivity index (χ4v) is 3.64. The molecule has 0 amide bonds. The second-order valence-corrected chi connectivity index (χ2v) is 6.95. The Morgan fingerprint density at radius 1 is 1.10 bits per heavy atom. The molecule has 0 aromatic heterocycles. The molecule has 4 nitrogen and oxygen atoms in total. The summed E-state index contributed by atoms with van der Waals surface area (Å²) in [4.78, 5) is 0.236. The molecule has 0 saturated heterocycles. The zero-order valence-electron chi connectivity index (χ0n) is 12.6. The van der Waals surface area contributed by atoms with Crippen LogP contribution in [-0.2, 0) is 10.0 Å². The van der Waals surface area contributed by atoms with Gasteiger partial charge in [-0.05, 0) is 37.5 Å². The van der Waals surface area contributed by atoms with Gasteiger partial charge in [0.05, 0.1) is 11.0 Å². The van der Waals surface area contributed by atoms with Crippen LogP contribution in [0.3, 0.4) is 0 Å². The van der Waals surface area contributed by atoms with Gasteiger partial charge >= 0.3 is 0 Å². The Hall–Kier alpha value is -0.910. The first kappa shape index (κ1) is 17.1. The molecule has 2 atom stereocenters. The van der Waals surface area contributed by atoms with Crippen LogP contribution in [0.2, 0.25) is 0 Å². The summed E-state index contributed by atoms with van der Waals surface area (Å²) in [6, 6.07) is 6.25. The van der Waals surface area contributed by atoms with E-state index < -0.39 is 16.1 Å². The standard InChI is InChI=1S/C15H25NO3S/c1-5-13(6-2)11(3)16-20(18,19)15-9-7-14(8-10-15)12(4)17/h7-13,16-17H,5-6H2,1-4H3. The molecule has 2 unspecified atom stereocenters. The Morgan fingerprint density at radius 2 is 1.60 bits per heavy atom. The lowest BCUT2D eigenvalue weighted by Crippen LogP contribution is -2.37. The van der Waals surface area contributed by atoms with E-state index in [-0.39, 0.29) is 10.9 Å². The fourth-order valence-electron chi connectivity index (χ4n) is 2.33. The molecule has 0 heterocycles. The van der Waals surface area contributed by atoms with Crippen molar-refractivity contribution in [3.05, 3.63) is 29.8 Å². The maximum absolute atomic E-state index is 12.3. The third-order valence-corrected chi connectivity index (χ3v) is 5.34. The number of rotatable bonds is 7. The molecule has 1 aromatic rings. The molecule has 0 aliphatic carbocycles. The molecular weight excluding hydrogens is 274 g/mol. The van der Waals surface area contributed by atoms with E-state index in [2.05, 4.69) is 18.6 Å².